The highest BCUT2D eigenvalue weighted by Gasteiger charge is 2.32. The van der Waals surface area contributed by atoms with Crippen molar-refractivity contribution in [2.24, 2.45) is 10.2 Å². The summed E-state index contributed by atoms with van der Waals surface area (Å²) < 4.78 is 0. The lowest BCUT2D eigenvalue weighted by molar-refractivity contribution is -0.138. The zero-order chi connectivity index (χ0) is 17.7. The van der Waals surface area contributed by atoms with Crippen LogP contribution in [0.3, 0.4) is 0 Å². The number of rotatable bonds is 6. The van der Waals surface area contributed by atoms with Gasteiger partial charge in [0.1, 0.15) is 11.0 Å². The molecule has 7 nitrogen and oxygen atoms in total. The molecule has 24 heavy (non-hydrogen) atoms. The Balaban J connectivity index is 2.09. The monoisotopic (exact) mass is 349 g/mol. The van der Waals surface area contributed by atoms with Gasteiger partial charge in [0.05, 0.1) is 12.6 Å². The van der Waals surface area contributed by atoms with Crippen LogP contribution < -0.4 is 5.32 Å². The molecule has 1 saturated heterocycles. The van der Waals surface area contributed by atoms with E-state index in [1.165, 1.54) is 6.21 Å². The molecule has 0 bridgehead atoms. The van der Waals surface area contributed by atoms with Crippen LogP contribution in [0.15, 0.2) is 28.4 Å². The minimum atomic E-state index is -1.04. The van der Waals surface area contributed by atoms with Crippen molar-refractivity contribution in [1.82, 2.24) is 5.32 Å². The van der Waals surface area contributed by atoms with E-state index in [0.717, 1.165) is 23.7 Å². The number of hydrogen-bond donors (Lipinski definition) is 3. The van der Waals surface area contributed by atoms with Gasteiger partial charge in [-0.2, -0.15) is 5.10 Å². The standard InChI is InChI=1S/C16H19N3O4S/c1-3-9(2)10-4-5-12(20)11(6-10)8-17-19-16-18-15(23)13(24-16)7-14(21)22/h4-6,8-9,13,20H,3,7H2,1-2H3,(H,21,22)(H,18,19,23). The van der Waals surface area contributed by atoms with Crippen molar-refractivity contribution in [2.75, 3.05) is 0 Å². The molecule has 2 unspecified atom stereocenters. The zero-order valence-electron chi connectivity index (χ0n) is 13.4. The summed E-state index contributed by atoms with van der Waals surface area (Å²) in [6.45, 7) is 4.19. The zero-order valence-corrected chi connectivity index (χ0v) is 14.2. The van der Waals surface area contributed by atoms with Gasteiger partial charge in [-0.15, -0.1) is 5.10 Å². The highest BCUT2D eigenvalue weighted by molar-refractivity contribution is 8.15. The van der Waals surface area contributed by atoms with E-state index in [2.05, 4.69) is 29.4 Å². The molecule has 2 rings (SSSR count). The number of benzene rings is 1. The number of nitrogens with one attached hydrogen (secondary N) is 1. The van der Waals surface area contributed by atoms with Crippen molar-refractivity contribution in [1.29, 1.82) is 0 Å². The van der Waals surface area contributed by atoms with Crippen molar-refractivity contribution in [3.05, 3.63) is 29.3 Å². The largest absolute Gasteiger partial charge is 0.507 e. The topological polar surface area (TPSA) is 111 Å². The second kappa shape index (κ2) is 7.96. The highest BCUT2D eigenvalue weighted by Crippen LogP contribution is 2.25. The summed E-state index contributed by atoms with van der Waals surface area (Å²) in [5.74, 6) is -0.972. The SMILES string of the molecule is CCC(C)c1ccc(O)c(C=NN=C2NC(=O)C(CC(=O)O)S2)c1. The first-order chi connectivity index (χ1) is 11.4. The molecule has 2 atom stereocenters. The minimum absolute atomic E-state index is 0.0952. The number of carboxylic acids is 1. The maximum absolute atomic E-state index is 11.6. The maximum Gasteiger partial charge on any atom is 0.305 e. The van der Waals surface area contributed by atoms with Crippen molar-refractivity contribution in [3.8, 4) is 5.75 Å². The van der Waals surface area contributed by atoms with E-state index >= 15 is 0 Å². The number of hydrogen-bond acceptors (Lipinski definition) is 6. The molecular weight excluding hydrogens is 330 g/mol. The van der Waals surface area contributed by atoms with E-state index in [-0.39, 0.29) is 17.3 Å². The Labute approximate surface area is 143 Å². The molecule has 1 aliphatic heterocycles. The van der Waals surface area contributed by atoms with Crippen LogP contribution in [0, 0.1) is 0 Å². The second-order valence-electron chi connectivity index (χ2n) is 5.47. The molecule has 0 radical (unpaired) electrons. The first-order valence-corrected chi connectivity index (χ1v) is 8.42. The predicted octanol–water partition coefficient (Wildman–Crippen LogP) is 2.30. The van der Waals surface area contributed by atoms with Crippen molar-refractivity contribution in [3.63, 3.8) is 0 Å². The number of thioether (sulfide) groups is 1. The number of amidine groups is 1. The van der Waals surface area contributed by atoms with Crippen LogP contribution in [0.2, 0.25) is 0 Å². The molecule has 1 aliphatic rings. The van der Waals surface area contributed by atoms with Gasteiger partial charge in [0, 0.05) is 5.56 Å². The third kappa shape index (κ3) is 4.58. The van der Waals surface area contributed by atoms with E-state index in [4.69, 9.17) is 5.11 Å². The third-order valence-corrected chi connectivity index (χ3v) is 4.79. The Morgan fingerprint density at radius 1 is 1.50 bits per heavy atom. The molecule has 1 aromatic carbocycles. The number of phenolic OH excluding ortho intramolecular Hbond substituents is 1. The number of aromatic hydroxyl groups is 1. The van der Waals surface area contributed by atoms with Crippen molar-refractivity contribution < 1.29 is 19.8 Å². The molecule has 1 fully saturated rings. The van der Waals surface area contributed by atoms with E-state index in [9.17, 15) is 14.7 Å². The summed E-state index contributed by atoms with van der Waals surface area (Å²) in [7, 11) is 0. The van der Waals surface area contributed by atoms with Gasteiger partial charge < -0.3 is 15.5 Å². The van der Waals surface area contributed by atoms with Crippen molar-refractivity contribution in [2.45, 2.75) is 37.9 Å². The molecule has 1 amide bonds. The Morgan fingerprint density at radius 3 is 2.92 bits per heavy atom. The number of amides is 1. The predicted molar refractivity (Wildman–Crippen MR) is 93.6 cm³/mol. The molecule has 0 aromatic heterocycles. The number of carboxylic acid groups (broad SMARTS) is 1. The molecule has 1 aromatic rings. The van der Waals surface area contributed by atoms with E-state index in [1.807, 2.05) is 12.1 Å². The lowest BCUT2D eigenvalue weighted by Gasteiger charge is -2.10. The lowest BCUT2D eigenvalue weighted by Crippen LogP contribution is -2.26. The average molecular weight is 349 g/mol. The van der Waals surface area contributed by atoms with E-state index < -0.39 is 17.1 Å². The molecule has 8 heteroatoms. The third-order valence-electron chi connectivity index (χ3n) is 3.71. The van der Waals surface area contributed by atoms with Gasteiger partial charge in [0.2, 0.25) is 5.91 Å². The average Bonchev–Trinajstić information content (AvgIpc) is 2.87. The number of nitrogens with zero attached hydrogens (tertiary/aromatic N) is 2. The Bertz CT molecular complexity index is 703. The van der Waals surface area contributed by atoms with Crippen molar-refractivity contribution >= 4 is 35.0 Å². The summed E-state index contributed by atoms with van der Waals surface area (Å²) in [5, 5.41) is 28.4. The smallest absolute Gasteiger partial charge is 0.305 e. The fraction of sp³-hybridized carbons (Fsp3) is 0.375. The molecule has 3 N–H and O–H groups in total. The van der Waals surface area contributed by atoms with Crippen LogP contribution in [0.4, 0.5) is 0 Å². The van der Waals surface area contributed by atoms with Gasteiger partial charge >= 0.3 is 5.97 Å². The molecule has 0 spiro atoms. The van der Waals surface area contributed by atoms with Crippen LogP contribution in [0.1, 0.15) is 43.7 Å². The van der Waals surface area contributed by atoms with Crippen LogP contribution >= 0.6 is 11.8 Å². The van der Waals surface area contributed by atoms with Gasteiger partial charge in [0.15, 0.2) is 5.17 Å². The van der Waals surface area contributed by atoms with Crippen LogP contribution in [-0.4, -0.2) is 38.7 Å². The molecule has 0 aliphatic carbocycles. The molecule has 128 valence electrons. The normalized spacial score (nSPS) is 20.5. The first kappa shape index (κ1) is 18.0. The van der Waals surface area contributed by atoms with Gasteiger partial charge in [-0.1, -0.05) is 31.7 Å². The molecule has 1 heterocycles. The van der Waals surface area contributed by atoms with Crippen LogP contribution in [0.5, 0.6) is 5.75 Å². The molecule has 0 saturated carbocycles. The van der Waals surface area contributed by atoms with Gasteiger partial charge in [0.25, 0.3) is 0 Å². The highest BCUT2D eigenvalue weighted by atomic mass is 32.2. The molecular formula is C16H19N3O4S. The fourth-order valence-electron chi connectivity index (χ4n) is 2.11. The Kier molecular flexibility index (Phi) is 5.97. The van der Waals surface area contributed by atoms with Gasteiger partial charge in [-0.3, -0.25) is 9.59 Å². The van der Waals surface area contributed by atoms with E-state index in [1.54, 1.807) is 6.07 Å². The summed E-state index contributed by atoms with van der Waals surface area (Å²) in [6.07, 6.45) is 2.12. The number of carbonyl (C=O) groups is 2. The summed E-state index contributed by atoms with van der Waals surface area (Å²) in [6, 6.07) is 5.34. The van der Waals surface area contributed by atoms with E-state index in [0.29, 0.717) is 11.5 Å². The minimum Gasteiger partial charge on any atom is -0.507 e. The number of aliphatic carboxylic acids is 1. The number of phenols is 1. The maximum atomic E-state index is 11.6. The van der Waals surface area contributed by atoms with Gasteiger partial charge in [-0.25, -0.2) is 0 Å². The Hall–Kier alpha value is -2.35. The van der Waals surface area contributed by atoms with Crippen LogP contribution in [0.25, 0.3) is 0 Å². The van der Waals surface area contributed by atoms with Crippen LogP contribution in [-0.2, 0) is 9.59 Å². The number of carbonyl (C=O) groups excluding carboxylic acids is 1. The quantitative estimate of drug-likeness (QED) is 0.539. The second-order valence-corrected chi connectivity index (χ2v) is 6.66. The summed E-state index contributed by atoms with van der Waals surface area (Å²) in [5.41, 5.74) is 1.63. The lowest BCUT2D eigenvalue weighted by atomic mass is 9.97. The fourth-order valence-corrected chi connectivity index (χ4v) is 3.02. The Morgan fingerprint density at radius 2 is 2.25 bits per heavy atom. The summed E-state index contributed by atoms with van der Waals surface area (Å²) >= 11 is 1.03. The van der Waals surface area contributed by atoms with Gasteiger partial charge in [-0.05, 0) is 30.0 Å². The first-order valence-electron chi connectivity index (χ1n) is 7.54. The summed E-state index contributed by atoms with van der Waals surface area (Å²) in [4.78, 5) is 22.3.